The molecule has 0 saturated heterocycles. The fraction of sp³-hybridized carbons (Fsp3) is 0.366. The second-order valence-electron chi connectivity index (χ2n) is 11.1. The number of unbranched alkanes of at least 4 members (excludes halogenated alkanes) is 3. The van der Waals surface area contributed by atoms with Gasteiger partial charge < -0.3 is 28.4 Å². The van der Waals surface area contributed by atoms with Gasteiger partial charge in [0.05, 0.1) is 41.2 Å². The summed E-state index contributed by atoms with van der Waals surface area (Å²) in [5.41, 5.74) is 5.33. The van der Waals surface area contributed by atoms with Crippen LogP contribution >= 0.6 is 0 Å². The molecular formula is C41H52O6. The molecule has 0 atom stereocenters. The molecule has 0 aromatic heterocycles. The van der Waals surface area contributed by atoms with Crippen LogP contribution in [0.1, 0.15) is 92.7 Å². The Balaban J connectivity index is 2.07. The van der Waals surface area contributed by atoms with Crippen LogP contribution in [-0.4, -0.2) is 41.2 Å². The molecule has 6 nitrogen and oxygen atoms in total. The lowest BCUT2D eigenvalue weighted by atomic mass is 10.0. The summed E-state index contributed by atoms with van der Waals surface area (Å²) in [7, 11) is 5.00. The van der Waals surface area contributed by atoms with Gasteiger partial charge >= 0.3 is 0 Å². The minimum absolute atomic E-state index is 0.606. The summed E-state index contributed by atoms with van der Waals surface area (Å²) in [6.45, 7) is 16.2. The van der Waals surface area contributed by atoms with Crippen LogP contribution in [0.5, 0.6) is 34.5 Å². The first-order valence-corrected chi connectivity index (χ1v) is 16.6. The predicted octanol–water partition coefficient (Wildman–Crippen LogP) is 10.9. The summed E-state index contributed by atoms with van der Waals surface area (Å²) in [6, 6.07) is 11.9. The van der Waals surface area contributed by atoms with Gasteiger partial charge in [-0.1, -0.05) is 89.6 Å². The molecule has 47 heavy (non-hydrogen) atoms. The van der Waals surface area contributed by atoms with E-state index in [1.54, 1.807) is 33.5 Å². The molecule has 6 heteroatoms. The van der Waals surface area contributed by atoms with Gasteiger partial charge in [-0.25, -0.2) is 0 Å². The highest BCUT2D eigenvalue weighted by molar-refractivity contribution is 5.82. The van der Waals surface area contributed by atoms with E-state index in [0.29, 0.717) is 25.6 Å². The van der Waals surface area contributed by atoms with Crippen molar-refractivity contribution in [1.82, 2.24) is 0 Å². The SMILES string of the molecule is C=Cc1cc(OCCCC)c(/C=C/c2cc(OCCCC)c(/C=C/c3cc(OCCCC)c(C=C)cc3OC)cc2OC)cc1OC. The van der Waals surface area contributed by atoms with Crippen molar-refractivity contribution in [3.63, 3.8) is 0 Å². The molecule has 0 bridgehead atoms. The Kier molecular flexibility index (Phi) is 15.6. The summed E-state index contributed by atoms with van der Waals surface area (Å²) in [4.78, 5) is 0. The van der Waals surface area contributed by atoms with Gasteiger partial charge in [-0.05, 0) is 55.7 Å². The Morgan fingerprint density at radius 1 is 0.426 bits per heavy atom. The third kappa shape index (κ3) is 10.5. The van der Waals surface area contributed by atoms with E-state index >= 15 is 0 Å². The Morgan fingerprint density at radius 3 is 1.02 bits per heavy atom. The standard InChI is InChI=1S/C41H52O6/c1-9-14-21-45-39-28-32(37(43-7)24-31(39)13-5)17-20-35-27-38(44-8)33(29-41(35)47-23-16-11-3)18-19-34-26-36(42-6)30(12-4)25-40(34)46-22-15-10-2/h12-13,17-20,24-29H,4-5,9-11,14-16,21-23H2,1-3,6-8H3/b19-18+,20-17+. The van der Waals surface area contributed by atoms with E-state index in [-0.39, 0.29) is 0 Å². The molecule has 0 aliphatic rings. The molecule has 0 unspecified atom stereocenters. The van der Waals surface area contributed by atoms with E-state index in [0.717, 1.165) is 101 Å². The van der Waals surface area contributed by atoms with Crippen LogP contribution < -0.4 is 28.4 Å². The zero-order valence-corrected chi connectivity index (χ0v) is 29.2. The van der Waals surface area contributed by atoms with Gasteiger partial charge in [0.2, 0.25) is 0 Å². The molecule has 0 fully saturated rings. The Labute approximate surface area is 282 Å². The summed E-state index contributed by atoms with van der Waals surface area (Å²) in [6.07, 6.45) is 17.7. The van der Waals surface area contributed by atoms with E-state index in [4.69, 9.17) is 28.4 Å². The van der Waals surface area contributed by atoms with Crippen LogP contribution in [0.2, 0.25) is 0 Å². The fourth-order valence-corrected chi connectivity index (χ4v) is 4.86. The zero-order valence-electron chi connectivity index (χ0n) is 29.2. The minimum atomic E-state index is 0.606. The van der Waals surface area contributed by atoms with Crippen LogP contribution in [0.15, 0.2) is 49.6 Å². The van der Waals surface area contributed by atoms with Crippen molar-refractivity contribution in [2.45, 2.75) is 59.3 Å². The highest BCUT2D eigenvalue weighted by Crippen LogP contribution is 2.36. The molecular weight excluding hydrogens is 588 g/mol. The summed E-state index contributed by atoms with van der Waals surface area (Å²) >= 11 is 0. The van der Waals surface area contributed by atoms with Crippen LogP contribution in [-0.2, 0) is 0 Å². The lowest BCUT2D eigenvalue weighted by Gasteiger charge is -2.15. The normalized spacial score (nSPS) is 11.1. The van der Waals surface area contributed by atoms with E-state index < -0.39 is 0 Å². The molecule has 3 aromatic rings. The average Bonchev–Trinajstić information content (AvgIpc) is 3.10. The quantitative estimate of drug-likeness (QED) is 0.0853. The molecule has 3 aromatic carbocycles. The van der Waals surface area contributed by atoms with E-state index in [1.165, 1.54) is 0 Å². The molecule has 0 N–H and O–H groups in total. The maximum absolute atomic E-state index is 6.33. The molecule has 3 rings (SSSR count). The molecule has 0 amide bonds. The van der Waals surface area contributed by atoms with E-state index in [2.05, 4.69) is 33.9 Å². The van der Waals surface area contributed by atoms with E-state index in [9.17, 15) is 0 Å². The van der Waals surface area contributed by atoms with Crippen molar-refractivity contribution in [2.75, 3.05) is 41.2 Å². The van der Waals surface area contributed by atoms with Gasteiger partial charge in [-0.2, -0.15) is 0 Å². The predicted molar refractivity (Wildman–Crippen MR) is 198 cm³/mol. The first kappa shape index (κ1) is 36.9. The zero-order chi connectivity index (χ0) is 34.0. The van der Waals surface area contributed by atoms with Crippen LogP contribution in [0.4, 0.5) is 0 Å². The molecule has 0 spiro atoms. The number of rotatable bonds is 21. The van der Waals surface area contributed by atoms with Crippen molar-refractivity contribution >= 4 is 36.5 Å². The lowest BCUT2D eigenvalue weighted by Crippen LogP contribution is -2.01. The summed E-state index contributed by atoms with van der Waals surface area (Å²) in [5, 5.41) is 0. The molecule has 0 radical (unpaired) electrons. The van der Waals surface area contributed by atoms with Crippen LogP contribution in [0.3, 0.4) is 0 Å². The molecule has 0 heterocycles. The minimum Gasteiger partial charge on any atom is -0.496 e. The smallest absolute Gasteiger partial charge is 0.127 e. The van der Waals surface area contributed by atoms with Crippen molar-refractivity contribution in [3.05, 3.63) is 82.9 Å². The highest BCUT2D eigenvalue weighted by atomic mass is 16.5. The number of hydrogen-bond donors (Lipinski definition) is 0. The van der Waals surface area contributed by atoms with Crippen molar-refractivity contribution in [1.29, 1.82) is 0 Å². The Bertz CT molecular complexity index is 1520. The van der Waals surface area contributed by atoms with Gasteiger partial charge in [-0.15, -0.1) is 0 Å². The number of hydrogen-bond acceptors (Lipinski definition) is 6. The third-order valence-corrected chi connectivity index (χ3v) is 7.68. The highest BCUT2D eigenvalue weighted by Gasteiger charge is 2.13. The third-order valence-electron chi connectivity index (χ3n) is 7.68. The largest absolute Gasteiger partial charge is 0.496 e. The van der Waals surface area contributed by atoms with Crippen LogP contribution in [0, 0.1) is 0 Å². The molecule has 0 aliphatic heterocycles. The Morgan fingerprint density at radius 2 is 0.681 bits per heavy atom. The second-order valence-corrected chi connectivity index (χ2v) is 11.1. The van der Waals surface area contributed by atoms with Gasteiger partial charge in [0.25, 0.3) is 0 Å². The van der Waals surface area contributed by atoms with Gasteiger partial charge in [0.15, 0.2) is 0 Å². The van der Waals surface area contributed by atoms with Gasteiger partial charge in [0.1, 0.15) is 34.5 Å². The topological polar surface area (TPSA) is 55.4 Å². The van der Waals surface area contributed by atoms with Crippen molar-refractivity contribution in [2.24, 2.45) is 0 Å². The fourth-order valence-electron chi connectivity index (χ4n) is 4.86. The first-order valence-electron chi connectivity index (χ1n) is 16.6. The first-order chi connectivity index (χ1) is 23.0. The maximum atomic E-state index is 6.33. The number of methoxy groups -OCH3 is 3. The number of ether oxygens (including phenoxy) is 6. The summed E-state index contributed by atoms with van der Waals surface area (Å²) in [5.74, 6) is 4.49. The monoisotopic (exact) mass is 640 g/mol. The Hall–Kier alpha value is -4.58. The van der Waals surface area contributed by atoms with Crippen molar-refractivity contribution in [3.8, 4) is 34.5 Å². The van der Waals surface area contributed by atoms with E-state index in [1.807, 2.05) is 60.7 Å². The second kappa shape index (κ2) is 19.8. The average molecular weight is 641 g/mol. The maximum Gasteiger partial charge on any atom is 0.127 e. The van der Waals surface area contributed by atoms with Crippen LogP contribution in [0.25, 0.3) is 36.5 Å². The molecule has 0 aliphatic carbocycles. The molecule has 252 valence electrons. The van der Waals surface area contributed by atoms with Gasteiger partial charge in [0, 0.05) is 33.4 Å². The molecule has 0 saturated carbocycles. The van der Waals surface area contributed by atoms with Gasteiger partial charge in [-0.3, -0.25) is 0 Å². The van der Waals surface area contributed by atoms with Crippen molar-refractivity contribution < 1.29 is 28.4 Å². The lowest BCUT2D eigenvalue weighted by molar-refractivity contribution is 0.308. The summed E-state index contributed by atoms with van der Waals surface area (Å²) < 4.78 is 35.8. The number of benzene rings is 3.